The fraction of sp³-hybridized carbons (Fsp3) is 0.429. The Morgan fingerprint density at radius 3 is 3.16 bits per heavy atom. The van der Waals surface area contributed by atoms with Crippen LogP contribution in [0.25, 0.3) is 10.2 Å². The number of hydrogen-bond acceptors (Lipinski definition) is 5. The first kappa shape index (κ1) is 12.9. The quantitative estimate of drug-likeness (QED) is 0.892. The molecule has 19 heavy (non-hydrogen) atoms. The van der Waals surface area contributed by atoms with Crippen molar-refractivity contribution in [3.63, 3.8) is 0 Å². The Balaban J connectivity index is 1.84. The number of amidine groups is 1. The van der Waals surface area contributed by atoms with Gasteiger partial charge in [-0.1, -0.05) is 18.7 Å². The van der Waals surface area contributed by atoms with Crippen LogP contribution >= 0.6 is 23.1 Å². The number of hydrogen-bond donors (Lipinski definition) is 1. The molecule has 2 aromatic rings. The monoisotopic (exact) mass is 291 g/mol. The summed E-state index contributed by atoms with van der Waals surface area (Å²) in [5, 5.41) is 4.49. The van der Waals surface area contributed by atoms with Crippen molar-refractivity contribution in [2.24, 2.45) is 4.99 Å². The zero-order valence-electron chi connectivity index (χ0n) is 11.1. The maximum Gasteiger partial charge on any atom is 0.161 e. The Kier molecular flexibility index (Phi) is 3.50. The number of nitrogens with one attached hydrogen (secondary N) is 1. The van der Waals surface area contributed by atoms with E-state index in [0.717, 1.165) is 35.0 Å². The maximum absolute atomic E-state index is 4.85. The highest BCUT2D eigenvalue weighted by Gasteiger charge is 2.25. The van der Waals surface area contributed by atoms with Crippen LogP contribution in [0.3, 0.4) is 0 Å². The molecule has 1 aliphatic heterocycles. The molecule has 100 valence electrons. The predicted octanol–water partition coefficient (Wildman–Crippen LogP) is 4.37. The van der Waals surface area contributed by atoms with E-state index in [1.54, 1.807) is 11.3 Å². The topological polar surface area (TPSA) is 37.3 Å². The Morgan fingerprint density at radius 1 is 1.42 bits per heavy atom. The van der Waals surface area contributed by atoms with Gasteiger partial charge in [0.1, 0.15) is 0 Å². The van der Waals surface area contributed by atoms with Crippen molar-refractivity contribution in [2.45, 2.75) is 32.2 Å². The number of rotatable bonds is 2. The zero-order valence-corrected chi connectivity index (χ0v) is 12.8. The van der Waals surface area contributed by atoms with E-state index in [0.29, 0.717) is 0 Å². The van der Waals surface area contributed by atoms with Gasteiger partial charge in [0.05, 0.1) is 21.3 Å². The molecule has 2 heterocycles. The molecular formula is C14H17N3S2. The third-order valence-electron chi connectivity index (χ3n) is 3.60. The van der Waals surface area contributed by atoms with Crippen LogP contribution in [-0.4, -0.2) is 21.4 Å². The van der Waals surface area contributed by atoms with Crippen molar-refractivity contribution in [3.8, 4) is 0 Å². The van der Waals surface area contributed by atoms with E-state index in [2.05, 4.69) is 42.3 Å². The van der Waals surface area contributed by atoms with Gasteiger partial charge in [0, 0.05) is 11.4 Å². The van der Waals surface area contributed by atoms with E-state index in [1.165, 1.54) is 4.70 Å². The van der Waals surface area contributed by atoms with E-state index in [-0.39, 0.29) is 5.54 Å². The molecule has 0 saturated heterocycles. The number of fused-ring (bicyclic) bond motifs is 1. The van der Waals surface area contributed by atoms with Gasteiger partial charge < -0.3 is 5.32 Å². The molecule has 0 bridgehead atoms. The molecule has 3 rings (SSSR count). The van der Waals surface area contributed by atoms with E-state index in [1.807, 2.05) is 17.3 Å². The second kappa shape index (κ2) is 5.13. The molecule has 1 N–H and O–H groups in total. The fourth-order valence-corrected chi connectivity index (χ4v) is 4.00. The second-order valence-corrected chi connectivity index (χ2v) is 7.00. The molecule has 1 unspecified atom stereocenters. The molecule has 3 nitrogen and oxygen atoms in total. The molecule has 0 amide bonds. The lowest BCUT2D eigenvalue weighted by atomic mass is 9.97. The molecule has 1 aromatic carbocycles. The summed E-state index contributed by atoms with van der Waals surface area (Å²) in [4.78, 5) is 9.15. The average molecular weight is 291 g/mol. The number of aromatic nitrogens is 1. The number of benzene rings is 1. The molecule has 0 fully saturated rings. The fourth-order valence-electron chi connectivity index (χ4n) is 2.08. The molecule has 0 radical (unpaired) electrons. The summed E-state index contributed by atoms with van der Waals surface area (Å²) in [7, 11) is 0. The lowest BCUT2D eigenvalue weighted by Gasteiger charge is -2.29. The first-order valence-corrected chi connectivity index (χ1v) is 8.38. The minimum absolute atomic E-state index is 0.0994. The van der Waals surface area contributed by atoms with Gasteiger partial charge in [-0.15, -0.1) is 11.3 Å². The van der Waals surface area contributed by atoms with Crippen LogP contribution in [0.15, 0.2) is 28.7 Å². The molecule has 5 heteroatoms. The molecule has 1 aliphatic rings. The van der Waals surface area contributed by atoms with Crippen LogP contribution < -0.4 is 5.32 Å². The molecule has 0 spiro atoms. The number of anilines is 1. The highest BCUT2D eigenvalue weighted by molar-refractivity contribution is 8.14. The number of thioether (sulfide) groups is 1. The van der Waals surface area contributed by atoms with Gasteiger partial charge in [0.2, 0.25) is 0 Å². The lowest BCUT2D eigenvalue weighted by molar-refractivity contribution is 0.443. The summed E-state index contributed by atoms with van der Waals surface area (Å²) in [6.45, 7) is 4.45. The maximum atomic E-state index is 4.85. The Hall–Kier alpha value is -1.07. The first-order valence-electron chi connectivity index (χ1n) is 6.51. The largest absolute Gasteiger partial charge is 0.335 e. The summed E-state index contributed by atoms with van der Waals surface area (Å²) >= 11 is 3.48. The van der Waals surface area contributed by atoms with Gasteiger partial charge in [-0.3, -0.25) is 4.99 Å². The van der Waals surface area contributed by atoms with Gasteiger partial charge in [0.25, 0.3) is 0 Å². The summed E-state index contributed by atoms with van der Waals surface area (Å²) in [5.74, 6) is 1.14. The normalized spacial score (nSPS) is 23.4. The number of nitrogens with zero attached hydrogens (tertiary/aromatic N) is 2. The van der Waals surface area contributed by atoms with Crippen LogP contribution in [0.2, 0.25) is 0 Å². The van der Waals surface area contributed by atoms with Crippen LogP contribution in [0.5, 0.6) is 0 Å². The Morgan fingerprint density at radius 2 is 2.32 bits per heavy atom. The van der Waals surface area contributed by atoms with Crippen LogP contribution in [0.1, 0.15) is 26.7 Å². The average Bonchev–Trinajstić information content (AvgIpc) is 2.86. The van der Waals surface area contributed by atoms with Gasteiger partial charge in [-0.05, 0) is 38.0 Å². The Labute approximate surface area is 121 Å². The van der Waals surface area contributed by atoms with Crippen molar-refractivity contribution in [3.05, 3.63) is 23.7 Å². The van der Waals surface area contributed by atoms with Crippen LogP contribution in [-0.2, 0) is 0 Å². The smallest absolute Gasteiger partial charge is 0.161 e. The minimum atomic E-state index is 0.0994. The van der Waals surface area contributed by atoms with E-state index >= 15 is 0 Å². The summed E-state index contributed by atoms with van der Waals surface area (Å²) < 4.78 is 1.21. The number of aliphatic imine (C=N–C) groups is 1. The van der Waals surface area contributed by atoms with Crippen molar-refractivity contribution < 1.29 is 0 Å². The van der Waals surface area contributed by atoms with Crippen molar-refractivity contribution in [2.75, 3.05) is 11.1 Å². The Bertz CT molecular complexity index is 620. The molecule has 0 saturated carbocycles. The number of thiazole rings is 1. The first-order chi connectivity index (χ1) is 9.18. The van der Waals surface area contributed by atoms with Crippen molar-refractivity contribution >= 4 is 44.2 Å². The standard InChI is InChI=1S/C14H17N3S2/c1-3-14(2)6-7-18-13(17-14)16-10-4-5-11-12(8-10)19-9-15-11/h4-5,8-9H,3,6-7H2,1-2H3,(H,16,17). The van der Waals surface area contributed by atoms with Crippen LogP contribution in [0, 0.1) is 0 Å². The highest BCUT2D eigenvalue weighted by atomic mass is 32.2. The molecule has 1 aromatic heterocycles. The van der Waals surface area contributed by atoms with E-state index in [9.17, 15) is 0 Å². The summed E-state index contributed by atoms with van der Waals surface area (Å²) in [5.41, 5.74) is 4.15. The summed E-state index contributed by atoms with van der Waals surface area (Å²) in [6.07, 6.45) is 2.25. The third-order valence-corrected chi connectivity index (χ3v) is 5.26. The molecular weight excluding hydrogens is 274 g/mol. The minimum Gasteiger partial charge on any atom is -0.335 e. The highest BCUT2D eigenvalue weighted by Crippen LogP contribution is 2.30. The second-order valence-electron chi connectivity index (χ2n) is 5.03. The van der Waals surface area contributed by atoms with Gasteiger partial charge in [-0.2, -0.15) is 0 Å². The van der Waals surface area contributed by atoms with E-state index in [4.69, 9.17) is 4.99 Å². The van der Waals surface area contributed by atoms with Crippen molar-refractivity contribution in [1.29, 1.82) is 0 Å². The molecule has 1 atom stereocenters. The third kappa shape index (κ3) is 2.77. The lowest BCUT2D eigenvalue weighted by Crippen LogP contribution is -2.29. The predicted molar refractivity (Wildman–Crippen MR) is 86.4 cm³/mol. The van der Waals surface area contributed by atoms with Gasteiger partial charge in [-0.25, -0.2) is 4.98 Å². The van der Waals surface area contributed by atoms with Gasteiger partial charge >= 0.3 is 0 Å². The van der Waals surface area contributed by atoms with E-state index < -0.39 is 0 Å². The zero-order chi connectivity index (χ0) is 13.3. The molecule has 0 aliphatic carbocycles. The van der Waals surface area contributed by atoms with Gasteiger partial charge in [0.15, 0.2) is 5.17 Å². The summed E-state index contributed by atoms with van der Waals surface area (Å²) in [6, 6.07) is 6.28. The van der Waals surface area contributed by atoms with Crippen molar-refractivity contribution in [1.82, 2.24) is 4.98 Å². The SMILES string of the molecule is CCC1(C)CCSC(Nc2ccc3ncsc3c2)=N1. The van der Waals surface area contributed by atoms with Crippen LogP contribution in [0.4, 0.5) is 5.69 Å².